The molecule has 3 N–H and O–H groups in total. The Hall–Kier alpha value is -1.54. The molecule has 2 heterocycles. The number of thioether (sulfide) groups is 1. The van der Waals surface area contributed by atoms with Gasteiger partial charge < -0.3 is 15.5 Å². The maximum atomic E-state index is 11.7. The number of nitrogens with zero attached hydrogens (tertiary/aromatic N) is 1. The summed E-state index contributed by atoms with van der Waals surface area (Å²) in [5.41, 5.74) is 0.154. The molecule has 0 radical (unpaired) electrons. The fourth-order valence-electron chi connectivity index (χ4n) is 1.90. The number of carbonyl (C=O) groups is 3. The topological polar surface area (TPSA) is 107 Å². The van der Waals surface area contributed by atoms with E-state index in [-0.39, 0.29) is 5.70 Å². The fraction of sp³-hybridized carbons (Fsp3) is 0.444. The zero-order chi connectivity index (χ0) is 12.6. The predicted octanol–water partition coefficient (Wildman–Crippen LogP) is -1.65. The molecule has 1 saturated heterocycles. The molecule has 2 aliphatic rings. The van der Waals surface area contributed by atoms with Crippen molar-refractivity contribution in [3.8, 4) is 0 Å². The number of amides is 2. The van der Waals surface area contributed by atoms with Crippen LogP contribution in [0.5, 0.6) is 0 Å². The van der Waals surface area contributed by atoms with E-state index in [9.17, 15) is 14.4 Å². The Morgan fingerprint density at radius 2 is 2.35 bits per heavy atom. The van der Waals surface area contributed by atoms with Crippen LogP contribution in [0.3, 0.4) is 0 Å². The van der Waals surface area contributed by atoms with Crippen molar-refractivity contribution in [2.24, 2.45) is 0 Å². The lowest BCUT2D eigenvalue weighted by Gasteiger charge is -2.48. The average Bonchev–Trinajstić information content (AvgIpc) is 2.33. The first kappa shape index (κ1) is 11.9. The molecule has 1 unspecified atom stereocenters. The predicted molar refractivity (Wildman–Crippen MR) is 57.8 cm³/mol. The molecule has 2 aliphatic heterocycles. The van der Waals surface area contributed by atoms with Gasteiger partial charge in [0.05, 0.1) is 6.61 Å². The molecule has 2 atom stereocenters. The van der Waals surface area contributed by atoms with Gasteiger partial charge in [-0.25, -0.2) is 4.79 Å². The van der Waals surface area contributed by atoms with Gasteiger partial charge in [0.2, 0.25) is 6.41 Å². The molecule has 0 aliphatic carbocycles. The Labute approximate surface area is 100 Å². The van der Waals surface area contributed by atoms with Crippen LogP contribution in [0.2, 0.25) is 0 Å². The molecule has 17 heavy (non-hydrogen) atoms. The van der Waals surface area contributed by atoms with Gasteiger partial charge in [-0.15, -0.1) is 11.8 Å². The lowest BCUT2D eigenvalue weighted by atomic mass is 10.0. The number of carboxylic acid groups (broad SMARTS) is 1. The first-order valence-corrected chi connectivity index (χ1v) is 5.87. The number of hydrogen-bond acceptors (Lipinski definition) is 5. The van der Waals surface area contributed by atoms with E-state index < -0.39 is 29.9 Å². The maximum absolute atomic E-state index is 11.7. The number of β-lactam (4-membered cyclic amide) rings is 1. The van der Waals surface area contributed by atoms with Crippen molar-refractivity contribution in [2.75, 3.05) is 12.4 Å². The van der Waals surface area contributed by atoms with E-state index in [1.807, 2.05) is 0 Å². The normalized spacial score (nSPS) is 27.4. The van der Waals surface area contributed by atoms with Crippen molar-refractivity contribution in [2.45, 2.75) is 11.4 Å². The Kier molecular flexibility index (Phi) is 3.07. The molecular weight excluding hydrogens is 248 g/mol. The second-order valence-electron chi connectivity index (χ2n) is 3.59. The van der Waals surface area contributed by atoms with E-state index in [0.29, 0.717) is 17.7 Å². The van der Waals surface area contributed by atoms with Crippen molar-refractivity contribution in [3.63, 3.8) is 0 Å². The van der Waals surface area contributed by atoms with Gasteiger partial charge in [0, 0.05) is 5.75 Å². The summed E-state index contributed by atoms with van der Waals surface area (Å²) in [5, 5.41) is 20.0. The van der Waals surface area contributed by atoms with Gasteiger partial charge in [-0.3, -0.25) is 14.5 Å². The van der Waals surface area contributed by atoms with Crippen LogP contribution in [0.1, 0.15) is 0 Å². The van der Waals surface area contributed by atoms with Gasteiger partial charge >= 0.3 is 5.97 Å². The highest BCUT2D eigenvalue weighted by atomic mass is 32.2. The number of carbonyl (C=O) groups excluding carboxylic acids is 2. The van der Waals surface area contributed by atoms with Crippen molar-refractivity contribution in [1.82, 2.24) is 10.2 Å². The molecular formula is C9H10N2O5S. The molecule has 0 aromatic carbocycles. The number of aliphatic hydroxyl groups is 1. The van der Waals surface area contributed by atoms with Crippen molar-refractivity contribution in [3.05, 3.63) is 11.3 Å². The minimum absolute atomic E-state index is 0.162. The number of fused-ring (bicyclic) bond motifs is 1. The highest BCUT2D eigenvalue weighted by Gasteiger charge is 2.53. The molecule has 0 spiro atoms. The van der Waals surface area contributed by atoms with E-state index in [1.54, 1.807) is 0 Å². The Bertz CT molecular complexity index is 422. The second-order valence-corrected chi connectivity index (χ2v) is 4.69. The molecule has 1 fully saturated rings. The summed E-state index contributed by atoms with van der Waals surface area (Å²) in [6.07, 6.45) is 0.423. The van der Waals surface area contributed by atoms with Gasteiger partial charge in [-0.2, -0.15) is 0 Å². The van der Waals surface area contributed by atoms with Crippen molar-refractivity contribution >= 4 is 30.0 Å². The van der Waals surface area contributed by atoms with Gasteiger partial charge in [0.25, 0.3) is 5.91 Å². The summed E-state index contributed by atoms with van der Waals surface area (Å²) < 4.78 is 0. The third-order valence-electron chi connectivity index (χ3n) is 2.69. The van der Waals surface area contributed by atoms with Crippen LogP contribution in [0, 0.1) is 0 Å². The van der Waals surface area contributed by atoms with Crippen LogP contribution < -0.4 is 5.32 Å². The first-order chi connectivity index (χ1) is 8.11. The SMILES string of the molecule is O=CNC1C(=O)N2C(C(=O)O)=C(CO)CS[C@@H]12. The highest BCUT2D eigenvalue weighted by Crippen LogP contribution is 2.39. The van der Waals surface area contributed by atoms with E-state index in [0.717, 1.165) is 4.90 Å². The standard InChI is InChI=1S/C9H10N2O5S/c12-1-4-2-17-8-5(10-3-13)7(14)11(8)6(4)9(15)16/h3,5,8,12H,1-2H2,(H,10,13)(H,15,16)/t5?,8-/m0/s1. The summed E-state index contributed by atoms with van der Waals surface area (Å²) in [5.74, 6) is -1.36. The van der Waals surface area contributed by atoms with Crippen molar-refractivity contribution in [1.29, 1.82) is 0 Å². The third-order valence-corrected chi connectivity index (χ3v) is 4.03. The van der Waals surface area contributed by atoms with E-state index >= 15 is 0 Å². The highest BCUT2D eigenvalue weighted by molar-refractivity contribution is 8.00. The third kappa shape index (κ3) is 1.69. The first-order valence-electron chi connectivity index (χ1n) is 4.82. The van der Waals surface area contributed by atoms with Crippen LogP contribution in [-0.2, 0) is 14.4 Å². The molecule has 2 amide bonds. The molecule has 0 bridgehead atoms. The number of rotatable bonds is 4. The largest absolute Gasteiger partial charge is 0.477 e. The van der Waals surface area contributed by atoms with Gasteiger partial charge in [0.15, 0.2) is 0 Å². The van der Waals surface area contributed by atoms with Crippen LogP contribution in [0.15, 0.2) is 11.3 Å². The van der Waals surface area contributed by atoms with Gasteiger partial charge in [-0.05, 0) is 5.57 Å². The molecule has 0 aromatic rings. The van der Waals surface area contributed by atoms with Crippen molar-refractivity contribution < 1.29 is 24.6 Å². The summed E-state index contributed by atoms with van der Waals surface area (Å²) in [4.78, 5) is 34.2. The smallest absolute Gasteiger partial charge is 0.352 e. The van der Waals surface area contributed by atoms with Crippen LogP contribution in [0.25, 0.3) is 0 Å². The van der Waals surface area contributed by atoms with Crippen LogP contribution in [0.4, 0.5) is 0 Å². The monoisotopic (exact) mass is 258 g/mol. The minimum atomic E-state index is -1.24. The number of aliphatic hydroxyl groups excluding tert-OH is 1. The molecule has 2 rings (SSSR count). The Morgan fingerprint density at radius 3 is 2.88 bits per heavy atom. The molecule has 7 nitrogen and oxygen atoms in total. The molecule has 8 heteroatoms. The summed E-state index contributed by atoms with van der Waals surface area (Å²) in [6.45, 7) is -0.392. The maximum Gasteiger partial charge on any atom is 0.352 e. The Morgan fingerprint density at radius 1 is 1.65 bits per heavy atom. The fourth-order valence-corrected chi connectivity index (χ4v) is 3.24. The number of hydrogen-bond donors (Lipinski definition) is 3. The Balaban J connectivity index is 2.29. The number of nitrogens with one attached hydrogen (secondary N) is 1. The van der Waals surface area contributed by atoms with E-state index in [2.05, 4.69) is 5.32 Å². The summed E-state index contributed by atoms with van der Waals surface area (Å²) in [6, 6.07) is -0.674. The minimum Gasteiger partial charge on any atom is -0.477 e. The molecule has 0 saturated carbocycles. The average molecular weight is 258 g/mol. The number of carboxylic acids is 1. The molecule has 92 valence electrons. The lowest BCUT2D eigenvalue weighted by molar-refractivity contribution is -0.149. The van der Waals surface area contributed by atoms with Gasteiger partial charge in [0.1, 0.15) is 17.1 Å². The number of aliphatic carboxylic acids is 1. The van der Waals surface area contributed by atoms with Crippen LogP contribution in [-0.4, -0.2) is 57.2 Å². The van der Waals surface area contributed by atoms with Crippen LogP contribution >= 0.6 is 11.8 Å². The zero-order valence-electron chi connectivity index (χ0n) is 8.62. The van der Waals surface area contributed by atoms with E-state index in [1.165, 1.54) is 11.8 Å². The molecule has 0 aromatic heterocycles. The lowest BCUT2D eigenvalue weighted by Crippen LogP contribution is -2.69. The summed E-state index contributed by atoms with van der Waals surface area (Å²) >= 11 is 1.32. The zero-order valence-corrected chi connectivity index (χ0v) is 9.44. The summed E-state index contributed by atoms with van der Waals surface area (Å²) in [7, 11) is 0. The second kappa shape index (κ2) is 4.38. The quantitative estimate of drug-likeness (QED) is 0.412. The van der Waals surface area contributed by atoms with E-state index in [4.69, 9.17) is 10.2 Å². The van der Waals surface area contributed by atoms with Gasteiger partial charge in [-0.1, -0.05) is 0 Å².